The van der Waals surface area contributed by atoms with E-state index in [0.29, 0.717) is 6.61 Å². The van der Waals surface area contributed by atoms with Gasteiger partial charge in [-0.1, -0.05) is 42.8 Å². The predicted molar refractivity (Wildman–Crippen MR) is 93.4 cm³/mol. The predicted octanol–water partition coefficient (Wildman–Crippen LogP) is 4.46. The molecule has 0 aliphatic rings. The van der Waals surface area contributed by atoms with Crippen LogP contribution < -0.4 is 14.8 Å². The third kappa shape index (κ3) is 5.09. The van der Waals surface area contributed by atoms with Crippen LogP contribution in [0.25, 0.3) is 0 Å². The van der Waals surface area contributed by atoms with Crippen molar-refractivity contribution in [3.05, 3.63) is 58.6 Å². The Morgan fingerprint density at radius 1 is 1.09 bits per heavy atom. The zero-order chi connectivity index (χ0) is 15.1. The minimum atomic E-state index is 0. The molecular weight excluding hydrogens is 321 g/mol. The van der Waals surface area contributed by atoms with Crippen LogP contribution in [0.1, 0.15) is 18.1 Å². The zero-order valence-corrected chi connectivity index (χ0v) is 14.3. The zero-order valence-electron chi connectivity index (χ0n) is 12.8. The molecule has 2 aromatic carbocycles. The summed E-state index contributed by atoms with van der Waals surface area (Å²) in [7, 11) is 1.65. The van der Waals surface area contributed by atoms with Gasteiger partial charge in [-0.25, -0.2) is 0 Å². The number of rotatable bonds is 7. The van der Waals surface area contributed by atoms with Gasteiger partial charge in [-0.2, -0.15) is 0 Å². The van der Waals surface area contributed by atoms with Crippen molar-refractivity contribution in [2.45, 2.75) is 20.1 Å². The van der Waals surface area contributed by atoms with E-state index in [1.165, 1.54) is 0 Å². The van der Waals surface area contributed by atoms with Crippen LogP contribution in [0.2, 0.25) is 5.02 Å². The molecule has 5 heteroatoms. The molecule has 0 spiro atoms. The van der Waals surface area contributed by atoms with Gasteiger partial charge in [0, 0.05) is 17.1 Å². The highest BCUT2D eigenvalue weighted by molar-refractivity contribution is 6.30. The molecule has 0 bridgehead atoms. The number of methoxy groups -OCH3 is 1. The van der Waals surface area contributed by atoms with E-state index in [4.69, 9.17) is 21.1 Å². The highest BCUT2D eigenvalue weighted by Crippen LogP contribution is 2.31. The molecular formula is C17H21Cl2NO2. The quantitative estimate of drug-likeness (QED) is 0.806. The number of para-hydroxylation sites is 1. The average molecular weight is 342 g/mol. The van der Waals surface area contributed by atoms with Crippen molar-refractivity contribution in [3.8, 4) is 11.5 Å². The summed E-state index contributed by atoms with van der Waals surface area (Å²) >= 11 is 5.89. The van der Waals surface area contributed by atoms with Crippen molar-refractivity contribution in [2.75, 3.05) is 13.7 Å². The molecule has 0 fully saturated rings. The van der Waals surface area contributed by atoms with Gasteiger partial charge < -0.3 is 14.8 Å². The van der Waals surface area contributed by atoms with Crippen LogP contribution in [-0.4, -0.2) is 13.7 Å². The van der Waals surface area contributed by atoms with Crippen molar-refractivity contribution in [1.29, 1.82) is 0 Å². The van der Waals surface area contributed by atoms with Crippen LogP contribution in [-0.2, 0) is 13.2 Å². The summed E-state index contributed by atoms with van der Waals surface area (Å²) in [6.45, 7) is 4.22. The van der Waals surface area contributed by atoms with E-state index in [1.54, 1.807) is 7.11 Å². The first-order valence-electron chi connectivity index (χ1n) is 6.98. The van der Waals surface area contributed by atoms with E-state index in [-0.39, 0.29) is 12.4 Å². The van der Waals surface area contributed by atoms with E-state index in [9.17, 15) is 0 Å². The van der Waals surface area contributed by atoms with Crippen molar-refractivity contribution in [2.24, 2.45) is 0 Å². The van der Waals surface area contributed by atoms with Gasteiger partial charge in [0.15, 0.2) is 11.5 Å². The Labute approximate surface area is 143 Å². The Bertz CT molecular complexity index is 573. The third-order valence-electron chi connectivity index (χ3n) is 3.14. The lowest BCUT2D eigenvalue weighted by Crippen LogP contribution is -2.13. The first kappa shape index (κ1) is 18.6. The molecule has 1 N–H and O–H groups in total. The molecule has 0 radical (unpaired) electrons. The van der Waals surface area contributed by atoms with Gasteiger partial charge in [0.1, 0.15) is 6.61 Å². The lowest BCUT2D eigenvalue weighted by Gasteiger charge is -2.15. The number of halogens is 2. The minimum absolute atomic E-state index is 0. The Balaban J connectivity index is 0.00000242. The smallest absolute Gasteiger partial charge is 0.166 e. The maximum atomic E-state index is 5.97. The second-order valence-corrected chi connectivity index (χ2v) is 5.08. The normalized spacial score (nSPS) is 9.95. The van der Waals surface area contributed by atoms with Crippen LogP contribution in [0, 0.1) is 0 Å². The van der Waals surface area contributed by atoms with Crippen LogP contribution in [0.4, 0.5) is 0 Å². The standard InChI is InChI=1S/C17H20ClNO2.ClH/c1-3-19-11-14-5-4-6-16(20-2)17(14)21-12-13-7-9-15(18)10-8-13;/h4-10,19H,3,11-12H2,1-2H3;1H. The van der Waals surface area contributed by atoms with Gasteiger partial charge >= 0.3 is 0 Å². The molecule has 0 unspecified atom stereocenters. The number of ether oxygens (including phenoxy) is 2. The second kappa shape index (κ2) is 9.57. The Morgan fingerprint density at radius 2 is 1.82 bits per heavy atom. The van der Waals surface area contributed by atoms with E-state index in [2.05, 4.69) is 12.2 Å². The van der Waals surface area contributed by atoms with Gasteiger partial charge in [-0.15, -0.1) is 12.4 Å². The highest BCUT2D eigenvalue weighted by atomic mass is 35.5. The number of hydrogen-bond acceptors (Lipinski definition) is 3. The summed E-state index contributed by atoms with van der Waals surface area (Å²) < 4.78 is 11.4. The maximum absolute atomic E-state index is 5.97. The Kier molecular flexibility index (Phi) is 8.10. The molecule has 0 aliphatic carbocycles. The van der Waals surface area contributed by atoms with Gasteiger partial charge in [0.25, 0.3) is 0 Å². The minimum Gasteiger partial charge on any atom is -0.493 e. The maximum Gasteiger partial charge on any atom is 0.166 e. The first-order chi connectivity index (χ1) is 10.2. The summed E-state index contributed by atoms with van der Waals surface area (Å²) in [5, 5.41) is 4.03. The Hall–Kier alpha value is -1.42. The van der Waals surface area contributed by atoms with Gasteiger partial charge in [0.2, 0.25) is 0 Å². The molecule has 0 heterocycles. The van der Waals surface area contributed by atoms with E-state index in [0.717, 1.165) is 40.7 Å². The summed E-state index contributed by atoms with van der Waals surface area (Å²) in [6.07, 6.45) is 0. The molecule has 0 saturated heterocycles. The number of nitrogens with one attached hydrogen (secondary N) is 1. The molecule has 0 amide bonds. The van der Waals surface area contributed by atoms with Crippen molar-refractivity contribution in [3.63, 3.8) is 0 Å². The van der Waals surface area contributed by atoms with Gasteiger partial charge in [0.05, 0.1) is 7.11 Å². The van der Waals surface area contributed by atoms with Crippen LogP contribution in [0.5, 0.6) is 11.5 Å². The Morgan fingerprint density at radius 3 is 2.45 bits per heavy atom. The van der Waals surface area contributed by atoms with Crippen molar-refractivity contribution in [1.82, 2.24) is 5.32 Å². The van der Waals surface area contributed by atoms with Crippen LogP contribution in [0.15, 0.2) is 42.5 Å². The molecule has 0 saturated carbocycles. The fourth-order valence-electron chi connectivity index (χ4n) is 2.02. The second-order valence-electron chi connectivity index (χ2n) is 4.64. The first-order valence-corrected chi connectivity index (χ1v) is 7.36. The molecule has 3 nitrogen and oxygen atoms in total. The van der Waals surface area contributed by atoms with Gasteiger partial charge in [-0.05, 0) is 30.3 Å². The highest BCUT2D eigenvalue weighted by Gasteiger charge is 2.10. The fourth-order valence-corrected chi connectivity index (χ4v) is 2.15. The third-order valence-corrected chi connectivity index (χ3v) is 3.39. The van der Waals surface area contributed by atoms with E-state index >= 15 is 0 Å². The lowest BCUT2D eigenvalue weighted by atomic mass is 10.1. The molecule has 0 aliphatic heterocycles. The largest absolute Gasteiger partial charge is 0.493 e. The summed E-state index contributed by atoms with van der Waals surface area (Å²) in [4.78, 5) is 0. The van der Waals surface area contributed by atoms with E-state index in [1.807, 2.05) is 42.5 Å². The van der Waals surface area contributed by atoms with Crippen molar-refractivity contribution < 1.29 is 9.47 Å². The van der Waals surface area contributed by atoms with Crippen molar-refractivity contribution >= 4 is 24.0 Å². The van der Waals surface area contributed by atoms with E-state index < -0.39 is 0 Å². The number of hydrogen-bond donors (Lipinski definition) is 1. The summed E-state index contributed by atoms with van der Waals surface area (Å²) in [6, 6.07) is 13.6. The molecule has 2 aromatic rings. The fraction of sp³-hybridized carbons (Fsp3) is 0.294. The molecule has 2 rings (SSSR count). The monoisotopic (exact) mass is 341 g/mol. The van der Waals surface area contributed by atoms with Crippen LogP contribution in [0.3, 0.4) is 0 Å². The molecule has 0 aromatic heterocycles. The summed E-state index contributed by atoms with van der Waals surface area (Å²) in [5.41, 5.74) is 2.16. The average Bonchev–Trinajstić information content (AvgIpc) is 2.52. The lowest BCUT2D eigenvalue weighted by molar-refractivity contribution is 0.280. The molecule has 22 heavy (non-hydrogen) atoms. The molecule has 0 atom stereocenters. The topological polar surface area (TPSA) is 30.5 Å². The summed E-state index contributed by atoms with van der Waals surface area (Å²) in [5.74, 6) is 1.54. The van der Waals surface area contributed by atoms with Crippen LogP contribution >= 0.6 is 24.0 Å². The molecule has 120 valence electrons. The van der Waals surface area contributed by atoms with Gasteiger partial charge in [-0.3, -0.25) is 0 Å². The number of benzene rings is 2. The SMILES string of the molecule is CCNCc1cccc(OC)c1OCc1ccc(Cl)cc1.Cl.